The molecule has 1 N–H and O–H groups in total. The molecule has 1 aliphatic rings. The number of hydrogen-bond donors (Lipinski definition) is 1. The maximum Gasteiger partial charge on any atom is 0.435 e. The molecule has 0 unspecified atom stereocenters. The van der Waals surface area contributed by atoms with E-state index in [-0.39, 0.29) is 23.8 Å². The standard InChI is InChI=1S/C17H25F3N4O/c1-5-8-21-16(25)14-12(4)24(22-15(14)17(18,19)20)13-6-9-23(10-7-13)11(2)3/h5,11,13H,1,6-10H2,2-4H3,(H,21,25). The number of nitrogens with one attached hydrogen (secondary N) is 1. The number of aromatic nitrogens is 2. The van der Waals surface area contributed by atoms with Crippen LogP contribution in [-0.2, 0) is 6.18 Å². The first-order valence-electron chi connectivity index (χ1n) is 8.46. The van der Waals surface area contributed by atoms with E-state index in [0.29, 0.717) is 18.9 Å². The Kier molecular flexibility index (Phi) is 5.92. The second-order valence-electron chi connectivity index (χ2n) is 6.61. The molecule has 1 saturated heterocycles. The highest BCUT2D eigenvalue weighted by molar-refractivity contribution is 5.96. The van der Waals surface area contributed by atoms with Crippen molar-refractivity contribution in [2.45, 2.75) is 51.9 Å². The van der Waals surface area contributed by atoms with E-state index < -0.39 is 17.8 Å². The van der Waals surface area contributed by atoms with Gasteiger partial charge in [-0.05, 0) is 33.6 Å². The average molecular weight is 358 g/mol. The van der Waals surface area contributed by atoms with Gasteiger partial charge in [-0.1, -0.05) is 6.08 Å². The van der Waals surface area contributed by atoms with Crippen molar-refractivity contribution in [3.05, 3.63) is 29.6 Å². The predicted octanol–water partition coefficient (Wildman–Crippen LogP) is 3.17. The minimum absolute atomic E-state index is 0.105. The lowest BCUT2D eigenvalue weighted by Gasteiger charge is -2.35. The van der Waals surface area contributed by atoms with Crippen LogP contribution >= 0.6 is 0 Å². The Morgan fingerprint density at radius 2 is 2.00 bits per heavy atom. The Labute approximate surface area is 145 Å². The van der Waals surface area contributed by atoms with Crippen molar-refractivity contribution < 1.29 is 18.0 Å². The molecule has 1 aromatic rings. The Morgan fingerprint density at radius 1 is 1.40 bits per heavy atom. The van der Waals surface area contributed by atoms with Crippen LogP contribution in [0.4, 0.5) is 13.2 Å². The number of rotatable bonds is 5. The van der Waals surface area contributed by atoms with Crippen molar-refractivity contribution in [3.8, 4) is 0 Å². The number of nitrogens with zero attached hydrogens (tertiary/aromatic N) is 3. The van der Waals surface area contributed by atoms with Gasteiger partial charge in [0, 0.05) is 31.4 Å². The van der Waals surface area contributed by atoms with Gasteiger partial charge < -0.3 is 10.2 Å². The Bertz CT molecular complexity index is 629. The first-order chi connectivity index (χ1) is 11.7. The van der Waals surface area contributed by atoms with E-state index in [4.69, 9.17) is 0 Å². The molecule has 5 nitrogen and oxygen atoms in total. The molecule has 1 fully saturated rings. The quantitative estimate of drug-likeness (QED) is 0.823. The number of halogens is 3. The van der Waals surface area contributed by atoms with Crippen LogP contribution in [0.2, 0.25) is 0 Å². The highest BCUT2D eigenvalue weighted by Gasteiger charge is 2.41. The van der Waals surface area contributed by atoms with Crippen LogP contribution in [0.3, 0.4) is 0 Å². The van der Waals surface area contributed by atoms with Crippen molar-refractivity contribution in [1.29, 1.82) is 0 Å². The molecule has 0 aliphatic carbocycles. The number of piperidine rings is 1. The number of alkyl halides is 3. The summed E-state index contributed by atoms with van der Waals surface area (Å²) in [6, 6.07) is 0.280. The summed E-state index contributed by atoms with van der Waals surface area (Å²) in [4.78, 5) is 14.5. The number of amides is 1. The summed E-state index contributed by atoms with van der Waals surface area (Å²) in [6.45, 7) is 10.9. The first kappa shape index (κ1) is 19.5. The van der Waals surface area contributed by atoms with Gasteiger partial charge in [0.2, 0.25) is 0 Å². The maximum atomic E-state index is 13.4. The van der Waals surface area contributed by atoms with Crippen molar-refractivity contribution >= 4 is 5.91 Å². The SMILES string of the molecule is C=CCNC(=O)c1c(C(F)(F)F)nn(C2CCN(C(C)C)CC2)c1C. The minimum Gasteiger partial charge on any atom is -0.348 e. The van der Waals surface area contributed by atoms with Crippen molar-refractivity contribution in [2.24, 2.45) is 0 Å². The molecule has 2 heterocycles. The Balaban J connectivity index is 2.32. The predicted molar refractivity (Wildman–Crippen MR) is 89.5 cm³/mol. The lowest BCUT2D eigenvalue weighted by Crippen LogP contribution is -2.39. The molecule has 0 saturated carbocycles. The zero-order chi connectivity index (χ0) is 18.8. The molecule has 0 atom stereocenters. The summed E-state index contributed by atoms with van der Waals surface area (Å²) in [7, 11) is 0. The maximum absolute atomic E-state index is 13.4. The van der Waals surface area contributed by atoms with Crippen molar-refractivity contribution in [3.63, 3.8) is 0 Å². The van der Waals surface area contributed by atoms with Gasteiger partial charge in [-0.3, -0.25) is 9.48 Å². The monoisotopic (exact) mass is 358 g/mol. The number of carbonyl (C=O) groups is 1. The molecule has 1 aliphatic heterocycles. The highest BCUT2D eigenvalue weighted by atomic mass is 19.4. The van der Waals surface area contributed by atoms with E-state index >= 15 is 0 Å². The summed E-state index contributed by atoms with van der Waals surface area (Å²) in [6.07, 6.45) is -1.82. The molecule has 0 bridgehead atoms. The third kappa shape index (κ3) is 4.23. The van der Waals surface area contributed by atoms with E-state index in [1.54, 1.807) is 0 Å². The first-order valence-corrected chi connectivity index (χ1v) is 8.46. The van der Waals surface area contributed by atoms with Crippen molar-refractivity contribution in [1.82, 2.24) is 20.0 Å². The van der Waals surface area contributed by atoms with Crippen LogP contribution < -0.4 is 5.32 Å². The molecule has 8 heteroatoms. The molecule has 0 aromatic carbocycles. The van der Waals surface area contributed by atoms with Crippen LogP contribution in [0.1, 0.15) is 54.5 Å². The molecule has 140 valence electrons. The third-order valence-electron chi connectivity index (χ3n) is 4.63. The lowest BCUT2D eigenvalue weighted by atomic mass is 10.0. The molecular weight excluding hydrogens is 333 g/mol. The largest absolute Gasteiger partial charge is 0.435 e. The van der Waals surface area contributed by atoms with E-state index in [9.17, 15) is 18.0 Å². The van der Waals surface area contributed by atoms with Gasteiger partial charge in [0.05, 0.1) is 11.6 Å². The van der Waals surface area contributed by atoms with Crippen molar-refractivity contribution in [2.75, 3.05) is 19.6 Å². The second kappa shape index (κ2) is 7.59. The zero-order valence-corrected chi connectivity index (χ0v) is 14.9. The fraction of sp³-hybridized carbons (Fsp3) is 0.647. The Morgan fingerprint density at radius 3 is 2.48 bits per heavy atom. The summed E-state index contributed by atoms with van der Waals surface area (Å²) < 4.78 is 41.5. The number of hydrogen-bond acceptors (Lipinski definition) is 3. The molecule has 25 heavy (non-hydrogen) atoms. The fourth-order valence-corrected chi connectivity index (χ4v) is 3.24. The topological polar surface area (TPSA) is 50.2 Å². The second-order valence-corrected chi connectivity index (χ2v) is 6.61. The van der Waals surface area contributed by atoms with Crippen LogP contribution in [0, 0.1) is 6.92 Å². The molecular formula is C17H25F3N4O. The van der Waals surface area contributed by atoms with Gasteiger partial charge in [0.15, 0.2) is 5.69 Å². The average Bonchev–Trinajstić information content (AvgIpc) is 2.90. The van der Waals surface area contributed by atoms with Crippen LogP contribution in [0.25, 0.3) is 0 Å². The zero-order valence-electron chi connectivity index (χ0n) is 14.9. The highest BCUT2D eigenvalue weighted by Crippen LogP contribution is 2.35. The van der Waals surface area contributed by atoms with Crippen LogP contribution in [-0.4, -0.2) is 46.3 Å². The van der Waals surface area contributed by atoms with Gasteiger partial charge in [0.25, 0.3) is 5.91 Å². The summed E-state index contributed by atoms with van der Waals surface area (Å²) in [5, 5.41) is 6.21. The Hall–Kier alpha value is -1.83. The molecule has 1 aromatic heterocycles. The van der Waals surface area contributed by atoms with Gasteiger partial charge in [-0.25, -0.2) is 0 Å². The van der Waals surface area contributed by atoms with Crippen LogP contribution in [0.5, 0.6) is 0 Å². The van der Waals surface area contributed by atoms with Gasteiger partial charge in [-0.15, -0.1) is 6.58 Å². The van der Waals surface area contributed by atoms with Gasteiger partial charge >= 0.3 is 6.18 Å². The third-order valence-corrected chi connectivity index (χ3v) is 4.63. The number of carbonyl (C=O) groups excluding carboxylic acids is 1. The normalized spacial score (nSPS) is 17.1. The smallest absolute Gasteiger partial charge is 0.348 e. The molecule has 1 amide bonds. The van der Waals surface area contributed by atoms with Crippen LogP contribution in [0.15, 0.2) is 12.7 Å². The lowest BCUT2D eigenvalue weighted by molar-refractivity contribution is -0.142. The molecule has 0 spiro atoms. The minimum atomic E-state index is -4.67. The summed E-state index contributed by atoms with van der Waals surface area (Å²) >= 11 is 0. The van der Waals surface area contributed by atoms with Gasteiger partial charge in [0.1, 0.15) is 0 Å². The summed E-state index contributed by atoms with van der Waals surface area (Å²) in [5.41, 5.74) is -1.24. The molecule has 2 rings (SSSR count). The van der Waals surface area contributed by atoms with Gasteiger partial charge in [-0.2, -0.15) is 18.3 Å². The van der Waals surface area contributed by atoms with E-state index in [1.165, 1.54) is 17.7 Å². The number of likely N-dealkylation sites (tertiary alicyclic amines) is 1. The molecule has 0 radical (unpaired) electrons. The summed E-state index contributed by atoms with van der Waals surface area (Å²) in [5.74, 6) is -0.768. The van der Waals surface area contributed by atoms with E-state index in [2.05, 4.69) is 35.7 Å². The van der Waals surface area contributed by atoms with E-state index in [1.807, 2.05) is 0 Å². The fourth-order valence-electron chi connectivity index (χ4n) is 3.24. The van der Waals surface area contributed by atoms with E-state index in [0.717, 1.165) is 13.1 Å².